The topological polar surface area (TPSA) is 12.5 Å². The van der Waals surface area contributed by atoms with Crippen molar-refractivity contribution < 1.29 is 17.9 Å². The smallest absolute Gasteiger partial charge is 0.134 e. The van der Waals surface area contributed by atoms with E-state index in [-0.39, 0.29) is 11.1 Å². The van der Waals surface area contributed by atoms with Crippen LogP contribution >= 0.6 is 0 Å². The van der Waals surface area contributed by atoms with Gasteiger partial charge >= 0.3 is 0 Å². The lowest BCUT2D eigenvalue weighted by Crippen LogP contribution is -2.41. The molecule has 1 fully saturated rings. The fraction of sp³-hybridized carbons (Fsp3) is 0.455. The van der Waals surface area contributed by atoms with E-state index in [2.05, 4.69) is 4.90 Å². The molecule has 0 atom stereocenters. The minimum atomic E-state index is -1.18. The maximum Gasteiger partial charge on any atom is 0.134 e. The summed E-state index contributed by atoms with van der Waals surface area (Å²) >= 11 is 0. The van der Waals surface area contributed by atoms with E-state index in [9.17, 15) is 13.2 Å². The Morgan fingerprint density at radius 3 is 2.30 bits per heavy atom. The first-order valence-electron chi connectivity index (χ1n) is 9.40. The van der Waals surface area contributed by atoms with E-state index in [0.717, 1.165) is 25.9 Å². The molecule has 5 heteroatoms. The number of hydrogen-bond acceptors (Lipinski definition) is 2. The van der Waals surface area contributed by atoms with Crippen molar-refractivity contribution in [3.8, 4) is 16.9 Å². The van der Waals surface area contributed by atoms with Crippen LogP contribution < -0.4 is 4.74 Å². The van der Waals surface area contributed by atoms with Gasteiger partial charge in [-0.05, 0) is 63.9 Å². The molecule has 0 aromatic heterocycles. The Kier molecular flexibility index (Phi) is 6.10. The molecule has 0 unspecified atom stereocenters. The van der Waals surface area contributed by atoms with E-state index in [1.165, 1.54) is 12.1 Å². The van der Waals surface area contributed by atoms with Gasteiger partial charge in [0.15, 0.2) is 0 Å². The normalized spacial score (nSPS) is 16.5. The molecule has 27 heavy (non-hydrogen) atoms. The molecule has 0 radical (unpaired) electrons. The molecule has 1 aliphatic rings. The first kappa shape index (κ1) is 19.7. The first-order chi connectivity index (χ1) is 12.8. The summed E-state index contributed by atoms with van der Waals surface area (Å²) in [6, 6.07) is 10.7. The molecular formula is C22H26F3NO. The Bertz CT molecular complexity index is 764. The third-order valence-corrected chi connectivity index (χ3v) is 4.90. The quantitative estimate of drug-likeness (QED) is 0.662. The molecular weight excluding hydrogens is 351 g/mol. The summed E-state index contributed by atoms with van der Waals surface area (Å²) < 4.78 is 47.7. The van der Waals surface area contributed by atoms with Crippen molar-refractivity contribution in [1.29, 1.82) is 0 Å². The van der Waals surface area contributed by atoms with Crippen LogP contribution in [0.2, 0.25) is 0 Å². The van der Waals surface area contributed by atoms with E-state index in [4.69, 9.17) is 4.74 Å². The van der Waals surface area contributed by atoms with E-state index in [0.29, 0.717) is 24.8 Å². The van der Waals surface area contributed by atoms with Crippen LogP contribution in [0.4, 0.5) is 13.2 Å². The molecule has 146 valence electrons. The lowest BCUT2D eigenvalue weighted by atomic mass is 9.97. The van der Waals surface area contributed by atoms with Crippen LogP contribution in [-0.2, 0) is 0 Å². The number of rotatable bonds is 6. The highest BCUT2D eigenvalue weighted by Crippen LogP contribution is 2.29. The van der Waals surface area contributed by atoms with Gasteiger partial charge in [0.2, 0.25) is 0 Å². The van der Waals surface area contributed by atoms with Crippen molar-refractivity contribution in [3.05, 3.63) is 54.1 Å². The van der Waals surface area contributed by atoms with Gasteiger partial charge in [-0.25, -0.2) is 13.2 Å². The van der Waals surface area contributed by atoms with Gasteiger partial charge in [-0.3, -0.25) is 0 Å². The highest BCUT2D eigenvalue weighted by atomic mass is 19.1. The predicted molar refractivity (Wildman–Crippen MR) is 102 cm³/mol. The summed E-state index contributed by atoms with van der Waals surface area (Å²) in [5.41, 5.74) is -0.715. The fourth-order valence-electron chi connectivity index (χ4n) is 3.54. The summed E-state index contributed by atoms with van der Waals surface area (Å²) in [4.78, 5) is 2.14. The maximum absolute atomic E-state index is 14.4. The average Bonchev–Trinajstić information content (AvgIpc) is 2.61. The minimum Gasteiger partial charge on any atom is -0.493 e. The monoisotopic (exact) mass is 377 g/mol. The van der Waals surface area contributed by atoms with Crippen LogP contribution in [-0.4, -0.2) is 36.8 Å². The standard InChI is InChI=1S/C22H26F3NO/c1-22(2,25)15-26-11-9-16(10-12-26)14-27-17-7-8-19(21(24)13-17)18-5-3-4-6-20(18)23/h3-8,13,16H,9-12,14-15H2,1-2H3. The van der Waals surface area contributed by atoms with Crippen molar-refractivity contribution in [2.75, 3.05) is 26.2 Å². The molecule has 0 saturated carbocycles. The van der Waals surface area contributed by atoms with Crippen LogP contribution in [0.3, 0.4) is 0 Å². The molecule has 2 aromatic rings. The number of ether oxygens (including phenoxy) is 1. The summed E-state index contributed by atoms with van der Waals surface area (Å²) in [6.45, 7) is 5.85. The van der Waals surface area contributed by atoms with Gasteiger partial charge in [0.25, 0.3) is 0 Å². The highest BCUT2D eigenvalue weighted by Gasteiger charge is 2.25. The molecule has 3 rings (SSSR count). The maximum atomic E-state index is 14.4. The Morgan fingerprint density at radius 1 is 1.00 bits per heavy atom. The van der Waals surface area contributed by atoms with Gasteiger partial charge in [0.1, 0.15) is 23.1 Å². The molecule has 0 N–H and O–H groups in total. The van der Waals surface area contributed by atoms with E-state index in [1.54, 1.807) is 44.2 Å². The van der Waals surface area contributed by atoms with Gasteiger partial charge in [-0.1, -0.05) is 18.2 Å². The molecule has 0 amide bonds. The minimum absolute atomic E-state index is 0.225. The lowest BCUT2D eigenvalue weighted by Gasteiger charge is -2.34. The number of nitrogens with zero attached hydrogens (tertiary/aromatic N) is 1. The summed E-state index contributed by atoms with van der Waals surface area (Å²) in [7, 11) is 0. The van der Waals surface area contributed by atoms with Crippen LogP contribution in [0.1, 0.15) is 26.7 Å². The zero-order valence-corrected chi connectivity index (χ0v) is 15.9. The molecule has 0 bridgehead atoms. The van der Waals surface area contributed by atoms with Gasteiger partial charge in [0.05, 0.1) is 6.61 Å². The summed E-state index contributed by atoms with van der Waals surface area (Å²) in [5.74, 6) is -0.135. The predicted octanol–water partition coefficient (Wildman–Crippen LogP) is 5.47. The molecule has 1 heterocycles. The van der Waals surface area contributed by atoms with Crippen molar-refractivity contribution in [1.82, 2.24) is 4.90 Å². The Labute approximate surface area is 159 Å². The van der Waals surface area contributed by atoms with Crippen LogP contribution in [0.25, 0.3) is 11.1 Å². The van der Waals surface area contributed by atoms with Crippen LogP contribution in [0.5, 0.6) is 5.75 Å². The highest BCUT2D eigenvalue weighted by molar-refractivity contribution is 5.65. The second-order valence-electron chi connectivity index (χ2n) is 7.87. The molecule has 2 aromatic carbocycles. The van der Waals surface area contributed by atoms with Crippen molar-refractivity contribution >= 4 is 0 Å². The van der Waals surface area contributed by atoms with E-state index < -0.39 is 17.3 Å². The Balaban J connectivity index is 1.54. The number of piperidine rings is 1. The number of likely N-dealkylation sites (tertiary alicyclic amines) is 1. The average molecular weight is 377 g/mol. The number of halogens is 3. The summed E-state index contributed by atoms with van der Waals surface area (Å²) in [5, 5.41) is 0. The first-order valence-corrected chi connectivity index (χ1v) is 9.40. The van der Waals surface area contributed by atoms with Crippen molar-refractivity contribution in [3.63, 3.8) is 0 Å². The molecule has 1 saturated heterocycles. The molecule has 0 spiro atoms. The van der Waals surface area contributed by atoms with E-state index >= 15 is 0 Å². The van der Waals surface area contributed by atoms with Crippen molar-refractivity contribution in [2.45, 2.75) is 32.4 Å². The number of alkyl halides is 1. The van der Waals surface area contributed by atoms with Gasteiger partial charge < -0.3 is 9.64 Å². The summed E-state index contributed by atoms with van der Waals surface area (Å²) in [6.07, 6.45) is 1.87. The number of hydrogen-bond donors (Lipinski definition) is 0. The third-order valence-electron chi connectivity index (χ3n) is 4.90. The molecule has 0 aliphatic carbocycles. The van der Waals surface area contributed by atoms with Crippen LogP contribution in [0, 0.1) is 17.6 Å². The second-order valence-corrected chi connectivity index (χ2v) is 7.87. The van der Waals surface area contributed by atoms with Gasteiger partial charge in [-0.15, -0.1) is 0 Å². The fourth-order valence-corrected chi connectivity index (χ4v) is 3.54. The van der Waals surface area contributed by atoms with Crippen molar-refractivity contribution in [2.24, 2.45) is 5.92 Å². The third kappa shape index (κ3) is 5.48. The second kappa shape index (κ2) is 8.34. The molecule has 1 aliphatic heterocycles. The zero-order valence-electron chi connectivity index (χ0n) is 15.9. The van der Waals surface area contributed by atoms with E-state index in [1.807, 2.05) is 0 Å². The van der Waals surface area contributed by atoms with Gasteiger partial charge in [-0.2, -0.15) is 0 Å². The van der Waals surface area contributed by atoms with Crippen LogP contribution in [0.15, 0.2) is 42.5 Å². The zero-order chi connectivity index (χ0) is 19.4. The van der Waals surface area contributed by atoms with Gasteiger partial charge in [0, 0.05) is 23.7 Å². The molecule has 2 nitrogen and oxygen atoms in total. The Hall–Kier alpha value is -2.01. The Morgan fingerprint density at radius 2 is 1.67 bits per heavy atom. The lowest BCUT2D eigenvalue weighted by molar-refractivity contribution is 0.0836. The SMILES string of the molecule is CC(C)(F)CN1CCC(COc2ccc(-c3ccccc3F)c(F)c2)CC1. The largest absolute Gasteiger partial charge is 0.493 e. The number of benzene rings is 2.